The van der Waals surface area contributed by atoms with Gasteiger partial charge >= 0.3 is 0 Å². The van der Waals surface area contributed by atoms with Gasteiger partial charge in [-0.3, -0.25) is 4.79 Å². The van der Waals surface area contributed by atoms with Crippen LogP contribution in [0.3, 0.4) is 0 Å². The van der Waals surface area contributed by atoms with Gasteiger partial charge in [-0.05, 0) is 25.5 Å². The second kappa shape index (κ2) is 5.29. The second-order valence-electron chi connectivity index (χ2n) is 4.37. The molecule has 2 rings (SSSR count). The van der Waals surface area contributed by atoms with Gasteiger partial charge in [-0.1, -0.05) is 18.2 Å². The number of carbonyl (C=O) groups excluding carboxylic acids is 1. The maximum atomic E-state index is 12.3. The van der Waals surface area contributed by atoms with E-state index in [0.29, 0.717) is 6.42 Å². The standard InChI is InChI=1S/C13H18N2O2/c1-10-9-14-12(7-8-16)13(17)15(10)11-5-3-2-4-6-11/h2-6,10,12,14,16H,7-9H2,1H3. The van der Waals surface area contributed by atoms with Crippen molar-refractivity contribution in [3.05, 3.63) is 30.3 Å². The van der Waals surface area contributed by atoms with Crippen molar-refractivity contribution in [3.8, 4) is 0 Å². The number of amides is 1. The van der Waals surface area contributed by atoms with E-state index in [1.807, 2.05) is 42.2 Å². The normalized spacial score (nSPS) is 25.1. The molecule has 1 aromatic carbocycles. The maximum Gasteiger partial charge on any atom is 0.244 e. The first-order chi connectivity index (χ1) is 8.24. The van der Waals surface area contributed by atoms with Crippen LogP contribution in [0.4, 0.5) is 5.69 Å². The van der Waals surface area contributed by atoms with Crippen molar-refractivity contribution in [2.24, 2.45) is 0 Å². The molecule has 1 aromatic rings. The van der Waals surface area contributed by atoms with E-state index < -0.39 is 0 Å². The van der Waals surface area contributed by atoms with Crippen molar-refractivity contribution in [1.29, 1.82) is 0 Å². The number of carbonyl (C=O) groups is 1. The van der Waals surface area contributed by atoms with Gasteiger partial charge in [-0.15, -0.1) is 0 Å². The average Bonchev–Trinajstić information content (AvgIpc) is 2.35. The number of aliphatic hydroxyl groups excluding tert-OH is 1. The van der Waals surface area contributed by atoms with Gasteiger partial charge in [-0.25, -0.2) is 0 Å². The fourth-order valence-electron chi connectivity index (χ4n) is 2.20. The first-order valence-electron chi connectivity index (χ1n) is 5.96. The van der Waals surface area contributed by atoms with E-state index in [-0.39, 0.29) is 24.6 Å². The van der Waals surface area contributed by atoms with E-state index in [0.717, 1.165) is 12.2 Å². The number of nitrogens with one attached hydrogen (secondary N) is 1. The van der Waals surface area contributed by atoms with Crippen LogP contribution in [0.2, 0.25) is 0 Å². The Morgan fingerprint density at radius 2 is 2.12 bits per heavy atom. The first kappa shape index (κ1) is 12.1. The number of piperazine rings is 1. The minimum atomic E-state index is -0.267. The zero-order chi connectivity index (χ0) is 12.3. The lowest BCUT2D eigenvalue weighted by Crippen LogP contribution is -2.59. The summed E-state index contributed by atoms with van der Waals surface area (Å²) in [5, 5.41) is 12.1. The Morgan fingerprint density at radius 1 is 1.41 bits per heavy atom. The van der Waals surface area contributed by atoms with Crippen LogP contribution < -0.4 is 10.2 Å². The van der Waals surface area contributed by atoms with E-state index in [9.17, 15) is 4.79 Å². The zero-order valence-electron chi connectivity index (χ0n) is 9.97. The van der Waals surface area contributed by atoms with E-state index in [1.165, 1.54) is 0 Å². The third-order valence-corrected chi connectivity index (χ3v) is 3.09. The van der Waals surface area contributed by atoms with Crippen LogP contribution >= 0.6 is 0 Å². The molecule has 4 heteroatoms. The van der Waals surface area contributed by atoms with Crippen molar-refractivity contribution in [2.75, 3.05) is 18.1 Å². The van der Waals surface area contributed by atoms with Crippen LogP contribution in [0.5, 0.6) is 0 Å². The van der Waals surface area contributed by atoms with Crippen LogP contribution in [0.25, 0.3) is 0 Å². The number of nitrogens with zero attached hydrogens (tertiary/aromatic N) is 1. The highest BCUT2D eigenvalue weighted by molar-refractivity contribution is 5.98. The minimum Gasteiger partial charge on any atom is -0.396 e. The number of hydrogen-bond acceptors (Lipinski definition) is 3. The van der Waals surface area contributed by atoms with Gasteiger partial charge in [0.05, 0.1) is 6.04 Å². The zero-order valence-corrected chi connectivity index (χ0v) is 9.97. The molecule has 1 heterocycles. The average molecular weight is 234 g/mol. The van der Waals surface area contributed by atoms with Gasteiger partial charge in [0.15, 0.2) is 0 Å². The van der Waals surface area contributed by atoms with Gasteiger partial charge in [0, 0.05) is 24.9 Å². The Bertz CT molecular complexity index is 380. The molecular formula is C13H18N2O2. The predicted octanol–water partition coefficient (Wildman–Crippen LogP) is 0.762. The Morgan fingerprint density at radius 3 is 2.76 bits per heavy atom. The summed E-state index contributed by atoms with van der Waals surface area (Å²) in [6, 6.07) is 9.55. The van der Waals surface area contributed by atoms with Crippen LogP contribution in [-0.2, 0) is 4.79 Å². The Kier molecular flexibility index (Phi) is 3.76. The largest absolute Gasteiger partial charge is 0.396 e. The number of rotatable bonds is 3. The van der Waals surface area contributed by atoms with Gasteiger partial charge in [-0.2, -0.15) is 0 Å². The lowest BCUT2D eigenvalue weighted by atomic mass is 10.1. The highest BCUT2D eigenvalue weighted by Gasteiger charge is 2.33. The Labute approximate surface area is 101 Å². The van der Waals surface area contributed by atoms with Crippen molar-refractivity contribution in [1.82, 2.24) is 5.32 Å². The number of benzene rings is 1. The molecular weight excluding hydrogens is 216 g/mol. The molecule has 0 aromatic heterocycles. The molecule has 1 aliphatic heterocycles. The third kappa shape index (κ3) is 2.48. The fraction of sp³-hybridized carbons (Fsp3) is 0.462. The van der Waals surface area contributed by atoms with Crippen LogP contribution in [0, 0.1) is 0 Å². The Hall–Kier alpha value is -1.39. The summed E-state index contributed by atoms with van der Waals surface area (Å²) in [4.78, 5) is 14.1. The monoisotopic (exact) mass is 234 g/mol. The van der Waals surface area contributed by atoms with Gasteiger partial charge < -0.3 is 15.3 Å². The fourth-order valence-corrected chi connectivity index (χ4v) is 2.20. The lowest BCUT2D eigenvalue weighted by molar-refractivity contribution is -0.122. The van der Waals surface area contributed by atoms with Crippen molar-refractivity contribution in [2.45, 2.75) is 25.4 Å². The van der Waals surface area contributed by atoms with E-state index in [1.54, 1.807) is 0 Å². The summed E-state index contributed by atoms with van der Waals surface area (Å²) in [7, 11) is 0. The molecule has 92 valence electrons. The lowest BCUT2D eigenvalue weighted by Gasteiger charge is -2.38. The van der Waals surface area contributed by atoms with Gasteiger partial charge in [0.2, 0.25) is 5.91 Å². The predicted molar refractivity (Wildman–Crippen MR) is 66.9 cm³/mol. The van der Waals surface area contributed by atoms with Crippen molar-refractivity contribution in [3.63, 3.8) is 0 Å². The van der Waals surface area contributed by atoms with Crippen molar-refractivity contribution < 1.29 is 9.90 Å². The molecule has 2 atom stereocenters. The number of hydrogen-bond donors (Lipinski definition) is 2. The van der Waals surface area contributed by atoms with Crippen LogP contribution in [0.15, 0.2) is 30.3 Å². The molecule has 4 nitrogen and oxygen atoms in total. The summed E-state index contributed by atoms with van der Waals surface area (Å²) in [5.74, 6) is 0.0454. The molecule has 1 saturated heterocycles. The van der Waals surface area contributed by atoms with Crippen LogP contribution in [-0.4, -0.2) is 36.2 Å². The molecule has 0 bridgehead atoms. The summed E-state index contributed by atoms with van der Waals surface area (Å²) in [6.07, 6.45) is 0.467. The molecule has 2 N–H and O–H groups in total. The highest BCUT2D eigenvalue weighted by atomic mass is 16.3. The van der Waals surface area contributed by atoms with E-state index in [4.69, 9.17) is 5.11 Å². The molecule has 0 saturated carbocycles. The molecule has 0 spiro atoms. The van der Waals surface area contributed by atoms with E-state index in [2.05, 4.69) is 5.32 Å². The minimum absolute atomic E-state index is 0.0282. The topological polar surface area (TPSA) is 52.6 Å². The summed E-state index contributed by atoms with van der Waals surface area (Å²) < 4.78 is 0. The smallest absolute Gasteiger partial charge is 0.244 e. The quantitative estimate of drug-likeness (QED) is 0.812. The SMILES string of the molecule is CC1CNC(CCO)C(=O)N1c1ccccc1. The van der Waals surface area contributed by atoms with Crippen LogP contribution in [0.1, 0.15) is 13.3 Å². The number of anilines is 1. The third-order valence-electron chi connectivity index (χ3n) is 3.09. The van der Waals surface area contributed by atoms with E-state index >= 15 is 0 Å². The summed E-state index contributed by atoms with van der Waals surface area (Å²) in [5.41, 5.74) is 0.925. The molecule has 0 radical (unpaired) electrons. The molecule has 2 unspecified atom stereocenters. The highest BCUT2D eigenvalue weighted by Crippen LogP contribution is 2.20. The maximum absolute atomic E-state index is 12.3. The van der Waals surface area contributed by atoms with Gasteiger partial charge in [0.1, 0.15) is 0 Å². The number of aliphatic hydroxyl groups is 1. The Balaban J connectivity index is 2.21. The number of para-hydroxylation sites is 1. The summed E-state index contributed by atoms with van der Waals surface area (Å²) in [6.45, 7) is 2.80. The molecule has 1 amide bonds. The second-order valence-corrected chi connectivity index (χ2v) is 4.37. The van der Waals surface area contributed by atoms with Crippen molar-refractivity contribution >= 4 is 11.6 Å². The molecule has 1 aliphatic rings. The summed E-state index contributed by atoms with van der Waals surface area (Å²) >= 11 is 0. The van der Waals surface area contributed by atoms with Gasteiger partial charge in [0.25, 0.3) is 0 Å². The molecule has 0 aliphatic carbocycles. The first-order valence-corrected chi connectivity index (χ1v) is 5.96. The molecule has 1 fully saturated rings. The molecule has 17 heavy (non-hydrogen) atoms.